The summed E-state index contributed by atoms with van der Waals surface area (Å²) < 4.78 is 5.69. The van der Waals surface area contributed by atoms with Crippen LogP contribution in [0.25, 0.3) is 11.1 Å². The predicted octanol–water partition coefficient (Wildman–Crippen LogP) is 3.68. The van der Waals surface area contributed by atoms with Crippen molar-refractivity contribution in [1.29, 1.82) is 0 Å². The van der Waals surface area contributed by atoms with Crippen LogP contribution in [0.3, 0.4) is 0 Å². The summed E-state index contributed by atoms with van der Waals surface area (Å²) in [5.41, 5.74) is 13.8. The van der Waals surface area contributed by atoms with E-state index in [2.05, 4.69) is 18.2 Å². The zero-order valence-corrected chi connectivity index (χ0v) is 19.9. The summed E-state index contributed by atoms with van der Waals surface area (Å²) >= 11 is 0. The van der Waals surface area contributed by atoms with Gasteiger partial charge in [-0.1, -0.05) is 59.7 Å². The van der Waals surface area contributed by atoms with Gasteiger partial charge in [0.25, 0.3) is 5.91 Å². The Morgan fingerprint density at radius 2 is 1.91 bits per heavy atom. The molecule has 2 aliphatic heterocycles. The topological polar surface area (TPSA) is 75.8 Å². The molecule has 34 heavy (non-hydrogen) atoms. The van der Waals surface area contributed by atoms with Crippen LogP contribution in [0.2, 0.25) is 0 Å². The van der Waals surface area contributed by atoms with Gasteiger partial charge in [-0.05, 0) is 73.0 Å². The molecule has 3 N–H and O–H groups in total. The van der Waals surface area contributed by atoms with Gasteiger partial charge >= 0.3 is 7.12 Å². The van der Waals surface area contributed by atoms with Gasteiger partial charge in [0.05, 0.1) is 5.60 Å². The molecule has 3 aliphatic rings. The van der Waals surface area contributed by atoms with E-state index in [1.54, 1.807) is 0 Å². The summed E-state index contributed by atoms with van der Waals surface area (Å²) in [5.74, 6) is 0.0679. The molecule has 2 heterocycles. The molecule has 2 aromatic carbocycles. The average Bonchev–Trinajstić information content (AvgIpc) is 3.11. The first-order valence-electron chi connectivity index (χ1n) is 12.0. The first kappa shape index (κ1) is 22.8. The third kappa shape index (κ3) is 4.29. The number of hydrogen-bond acceptors (Lipinski definition) is 4. The Morgan fingerprint density at radius 1 is 1.15 bits per heavy atom. The number of piperidine rings is 1. The lowest BCUT2D eigenvalue weighted by Gasteiger charge is -2.30. The van der Waals surface area contributed by atoms with Gasteiger partial charge < -0.3 is 20.3 Å². The molecule has 174 valence electrons. The van der Waals surface area contributed by atoms with E-state index in [1.807, 2.05) is 61.2 Å². The van der Waals surface area contributed by atoms with Crippen molar-refractivity contribution in [2.45, 2.75) is 38.7 Å². The Kier molecular flexibility index (Phi) is 6.06. The molecule has 0 aromatic heterocycles. The molecule has 5 rings (SSSR count). The van der Waals surface area contributed by atoms with Crippen LogP contribution in [0.4, 0.5) is 0 Å². The van der Waals surface area contributed by atoms with Crippen molar-refractivity contribution in [3.8, 4) is 11.1 Å². The minimum Gasteiger partial charge on any atom is -0.423 e. The molecule has 2 aromatic rings. The quantitative estimate of drug-likeness (QED) is 0.694. The van der Waals surface area contributed by atoms with Crippen molar-refractivity contribution < 1.29 is 14.5 Å². The van der Waals surface area contributed by atoms with Crippen molar-refractivity contribution in [2.24, 2.45) is 5.73 Å². The highest BCUT2D eigenvalue weighted by Crippen LogP contribution is 2.32. The Labute approximate surface area is 201 Å². The van der Waals surface area contributed by atoms with Gasteiger partial charge in [-0.15, -0.1) is 0 Å². The van der Waals surface area contributed by atoms with E-state index >= 15 is 0 Å². The number of carbonyl (C=O) groups is 1. The normalized spacial score (nSPS) is 19.4. The van der Waals surface area contributed by atoms with E-state index in [1.165, 1.54) is 16.7 Å². The number of hydrogen-bond donors (Lipinski definition) is 2. The molecular weight excluding hydrogens is 423 g/mol. The Balaban J connectivity index is 1.31. The maximum Gasteiger partial charge on any atom is 0.492 e. The van der Waals surface area contributed by atoms with E-state index < -0.39 is 12.7 Å². The van der Waals surface area contributed by atoms with E-state index in [-0.39, 0.29) is 5.91 Å². The largest absolute Gasteiger partial charge is 0.492 e. The van der Waals surface area contributed by atoms with E-state index in [9.17, 15) is 9.82 Å². The molecule has 0 unspecified atom stereocenters. The molecule has 1 aliphatic carbocycles. The molecule has 1 saturated heterocycles. The molecular formula is C28H31BN2O3. The molecule has 0 saturated carbocycles. The molecule has 0 radical (unpaired) electrons. The third-order valence-electron chi connectivity index (χ3n) is 7.23. The first-order chi connectivity index (χ1) is 16.4. The molecule has 1 fully saturated rings. The van der Waals surface area contributed by atoms with Crippen LogP contribution in [-0.4, -0.2) is 42.6 Å². The maximum absolute atomic E-state index is 13.3. The predicted molar refractivity (Wildman–Crippen MR) is 137 cm³/mol. The highest BCUT2D eigenvalue weighted by atomic mass is 16.5. The highest BCUT2D eigenvalue weighted by molar-refractivity contribution is 6.62. The monoisotopic (exact) mass is 454 g/mol. The van der Waals surface area contributed by atoms with Crippen LogP contribution in [0.1, 0.15) is 49.0 Å². The Bertz CT molecular complexity index is 1220. The van der Waals surface area contributed by atoms with E-state index in [0.717, 1.165) is 54.5 Å². The first-order valence-corrected chi connectivity index (χ1v) is 12.0. The number of allylic oxidation sites excluding steroid dienone is 4. The van der Waals surface area contributed by atoms with Crippen LogP contribution < -0.4 is 11.2 Å². The van der Waals surface area contributed by atoms with E-state index in [0.29, 0.717) is 12.1 Å². The van der Waals surface area contributed by atoms with Gasteiger partial charge in [0.15, 0.2) is 0 Å². The molecule has 0 bridgehead atoms. The van der Waals surface area contributed by atoms with Gasteiger partial charge in [0.1, 0.15) is 0 Å². The summed E-state index contributed by atoms with van der Waals surface area (Å²) in [6.07, 6.45) is 9.11. The lowest BCUT2D eigenvalue weighted by atomic mass is 9.77. The van der Waals surface area contributed by atoms with Crippen LogP contribution in [-0.2, 0) is 10.3 Å². The van der Waals surface area contributed by atoms with Crippen molar-refractivity contribution in [3.63, 3.8) is 0 Å². The average molecular weight is 454 g/mol. The van der Waals surface area contributed by atoms with Gasteiger partial charge in [-0.2, -0.15) is 0 Å². The molecule has 1 amide bonds. The molecule has 5 nitrogen and oxygen atoms in total. The maximum atomic E-state index is 13.3. The minimum absolute atomic E-state index is 0.0679. The third-order valence-corrected chi connectivity index (χ3v) is 7.23. The SMILES string of the molecule is CC1(C)OB(O)c2cc(-c3cccc(C(=O)N4CCC(=C5C=CC=C(CN)C5)CC4)c3)ccc21. The van der Waals surface area contributed by atoms with Crippen LogP contribution in [0.15, 0.2) is 77.4 Å². The van der Waals surface area contributed by atoms with Crippen molar-refractivity contribution in [1.82, 2.24) is 4.90 Å². The number of likely N-dealkylation sites (tertiary alicyclic amines) is 1. The Hall–Kier alpha value is -2.93. The summed E-state index contributed by atoms with van der Waals surface area (Å²) in [6.45, 7) is 5.97. The second-order valence-corrected chi connectivity index (χ2v) is 9.85. The number of amides is 1. The van der Waals surface area contributed by atoms with Crippen molar-refractivity contribution in [3.05, 3.63) is 88.5 Å². The van der Waals surface area contributed by atoms with Crippen molar-refractivity contribution in [2.75, 3.05) is 19.6 Å². The zero-order chi connectivity index (χ0) is 23.9. The fourth-order valence-electron chi connectivity index (χ4n) is 5.26. The number of nitrogens with zero attached hydrogens (tertiary/aromatic N) is 1. The number of fused-ring (bicyclic) bond motifs is 1. The summed E-state index contributed by atoms with van der Waals surface area (Å²) in [6, 6.07) is 13.8. The van der Waals surface area contributed by atoms with Crippen molar-refractivity contribution >= 4 is 18.5 Å². The lowest BCUT2D eigenvalue weighted by Crippen LogP contribution is -2.36. The lowest BCUT2D eigenvalue weighted by molar-refractivity contribution is 0.0743. The number of rotatable bonds is 3. The highest BCUT2D eigenvalue weighted by Gasteiger charge is 2.40. The minimum atomic E-state index is -0.929. The molecule has 6 heteroatoms. The second kappa shape index (κ2) is 9.03. The second-order valence-electron chi connectivity index (χ2n) is 9.85. The Morgan fingerprint density at radius 3 is 2.68 bits per heavy atom. The van der Waals surface area contributed by atoms with Crippen LogP contribution >= 0.6 is 0 Å². The molecule has 0 atom stereocenters. The summed E-state index contributed by atoms with van der Waals surface area (Å²) in [4.78, 5) is 15.3. The molecule has 0 spiro atoms. The summed E-state index contributed by atoms with van der Waals surface area (Å²) in [7, 11) is -0.929. The van der Waals surface area contributed by atoms with Gasteiger partial charge in [-0.3, -0.25) is 4.79 Å². The van der Waals surface area contributed by atoms with E-state index in [4.69, 9.17) is 10.4 Å². The number of carbonyl (C=O) groups excluding carboxylic acids is 1. The fourth-order valence-corrected chi connectivity index (χ4v) is 5.26. The number of benzene rings is 2. The zero-order valence-electron chi connectivity index (χ0n) is 19.9. The van der Waals surface area contributed by atoms with Gasteiger partial charge in [-0.25, -0.2) is 0 Å². The van der Waals surface area contributed by atoms with Crippen LogP contribution in [0.5, 0.6) is 0 Å². The summed E-state index contributed by atoms with van der Waals surface area (Å²) in [5, 5.41) is 10.3. The fraction of sp³-hybridized carbons (Fsp3) is 0.321. The number of nitrogens with two attached hydrogens (primary N) is 1. The van der Waals surface area contributed by atoms with Gasteiger partial charge in [0, 0.05) is 25.2 Å². The standard InChI is InChI=1S/C28H31BN2O3/c1-28(2)25-10-9-23(17-26(25)29(33)34-28)22-7-4-8-24(16-22)27(32)31-13-11-20(12-14-31)21-6-3-5-19(15-21)18-30/h3-10,16-17,33H,11-15,18,30H2,1-2H3. The van der Waals surface area contributed by atoms with Gasteiger partial charge in [0.2, 0.25) is 0 Å². The smallest absolute Gasteiger partial charge is 0.423 e. The van der Waals surface area contributed by atoms with Crippen LogP contribution in [0, 0.1) is 0 Å².